The van der Waals surface area contributed by atoms with E-state index >= 15 is 0 Å². The molecule has 0 saturated carbocycles. The highest BCUT2D eigenvalue weighted by Gasteiger charge is 2.23. The van der Waals surface area contributed by atoms with Crippen molar-refractivity contribution in [1.82, 2.24) is 9.97 Å². The van der Waals surface area contributed by atoms with Gasteiger partial charge in [0, 0.05) is 17.8 Å². The average Bonchev–Trinajstić information content (AvgIpc) is 2.40. The highest BCUT2D eigenvalue weighted by molar-refractivity contribution is 6.30. The Morgan fingerprint density at radius 2 is 1.95 bits per heavy atom. The molecule has 1 aromatic carbocycles. The first-order valence-corrected chi connectivity index (χ1v) is 5.91. The van der Waals surface area contributed by atoms with Gasteiger partial charge < -0.3 is 16.4 Å². The van der Waals surface area contributed by atoms with Crippen LogP contribution in [0.3, 0.4) is 0 Å². The van der Waals surface area contributed by atoms with Gasteiger partial charge in [-0.3, -0.25) is 10.1 Å². The minimum atomic E-state index is -0.632. The van der Waals surface area contributed by atoms with Crippen LogP contribution in [0.15, 0.2) is 24.3 Å². The van der Waals surface area contributed by atoms with E-state index in [0.717, 1.165) is 0 Å². The predicted molar refractivity (Wildman–Crippen MR) is 77.4 cm³/mol. The van der Waals surface area contributed by atoms with Gasteiger partial charge in [0.25, 0.3) is 0 Å². The number of nitrogen functional groups attached to an aromatic ring is 1. The lowest BCUT2D eigenvalue weighted by Crippen LogP contribution is -2.08. The van der Waals surface area contributed by atoms with Crippen LogP contribution in [0.4, 0.5) is 29.0 Å². The monoisotopic (exact) mass is 294 g/mol. The summed E-state index contributed by atoms with van der Waals surface area (Å²) < 4.78 is 0. The molecule has 4 N–H and O–H groups in total. The number of anilines is 4. The molecule has 0 radical (unpaired) electrons. The van der Waals surface area contributed by atoms with Crippen LogP contribution < -0.4 is 16.4 Å². The van der Waals surface area contributed by atoms with Crippen molar-refractivity contribution in [3.05, 3.63) is 39.4 Å². The zero-order valence-corrected chi connectivity index (χ0v) is 11.2. The first kappa shape index (κ1) is 13.8. The Labute approximate surface area is 119 Å². The summed E-state index contributed by atoms with van der Waals surface area (Å²) in [6, 6.07) is 6.64. The van der Waals surface area contributed by atoms with Gasteiger partial charge in [-0.05, 0) is 24.3 Å². The molecule has 0 amide bonds. The van der Waals surface area contributed by atoms with Crippen molar-refractivity contribution < 1.29 is 4.92 Å². The average molecular weight is 295 g/mol. The highest BCUT2D eigenvalue weighted by atomic mass is 35.5. The summed E-state index contributed by atoms with van der Waals surface area (Å²) in [6.45, 7) is 0. The van der Waals surface area contributed by atoms with E-state index < -0.39 is 4.92 Å². The molecule has 0 aliphatic carbocycles. The van der Waals surface area contributed by atoms with E-state index in [1.165, 1.54) is 0 Å². The van der Waals surface area contributed by atoms with Gasteiger partial charge in [0.15, 0.2) is 0 Å². The molecule has 0 atom stereocenters. The number of nitrogens with one attached hydrogen (secondary N) is 2. The lowest BCUT2D eigenvalue weighted by Gasteiger charge is -2.09. The Hall–Kier alpha value is -2.61. The summed E-state index contributed by atoms with van der Waals surface area (Å²) in [7, 11) is 1.59. The van der Waals surface area contributed by atoms with E-state index in [-0.39, 0.29) is 23.3 Å². The van der Waals surface area contributed by atoms with Crippen molar-refractivity contribution in [2.75, 3.05) is 23.4 Å². The second kappa shape index (κ2) is 5.57. The predicted octanol–water partition coefficient (Wildman–Crippen LogP) is 2.41. The molecule has 8 nitrogen and oxygen atoms in total. The molecule has 0 saturated heterocycles. The third-order valence-corrected chi connectivity index (χ3v) is 2.68. The van der Waals surface area contributed by atoms with Gasteiger partial charge in [-0.25, -0.2) is 0 Å². The number of hydrogen-bond acceptors (Lipinski definition) is 7. The molecule has 0 spiro atoms. The van der Waals surface area contributed by atoms with Gasteiger partial charge in [0.2, 0.25) is 17.6 Å². The van der Waals surface area contributed by atoms with Gasteiger partial charge >= 0.3 is 5.69 Å². The normalized spacial score (nSPS) is 10.1. The quantitative estimate of drug-likeness (QED) is 0.585. The third-order valence-electron chi connectivity index (χ3n) is 2.42. The molecule has 9 heteroatoms. The Balaban J connectivity index is 2.45. The van der Waals surface area contributed by atoms with E-state index in [1.807, 2.05) is 0 Å². The van der Waals surface area contributed by atoms with Crippen LogP contribution in [0.25, 0.3) is 0 Å². The first-order valence-electron chi connectivity index (χ1n) is 5.53. The summed E-state index contributed by atoms with van der Waals surface area (Å²) >= 11 is 5.78. The van der Waals surface area contributed by atoms with Crippen LogP contribution in [-0.2, 0) is 0 Å². The maximum Gasteiger partial charge on any atom is 0.353 e. The van der Waals surface area contributed by atoms with Crippen molar-refractivity contribution in [2.45, 2.75) is 0 Å². The van der Waals surface area contributed by atoms with Crippen molar-refractivity contribution in [2.24, 2.45) is 0 Å². The Morgan fingerprint density at radius 1 is 1.30 bits per heavy atom. The third kappa shape index (κ3) is 2.86. The van der Waals surface area contributed by atoms with E-state index in [9.17, 15) is 10.1 Å². The minimum absolute atomic E-state index is 0.00849. The zero-order chi connectivity index (χ0) is 14.7. The fraction of sp³-hybridized carbons (Fsp3) is 0.0909. The summed E-state index contributed by atoms with van der Waals surface area (Å²) in [6.07, 6.45) is 0. The summed E-state index contributed by atoms with van der Waals surface area (Å²) in [5.41, 5.74) is 5.80. The maximum absolute atomic E-state index is 11.1. The molecule has 0 unspecified atom stereocenters. The largest absolute Gasteiger partial charge is 0.378 e. The van der Waals surface area contributed by atoms with Gasteiger partial charge in [0.1, 0.15) is 0 Å². The van der Waals surface area contributed by atoms with Crippen molar-refractivity contribution in [3.8, 4) is 0 Å². The number of halogens is 1. The van der Waals surface area contributed by atoms with Gasteiger partial charge in [-0.2, -0.15) is 9.97 Å². The highest BCUT2D eigenvalue weighted by Crippen LogP contribution is 2.31. The minimum Gasteiger partial charge on any atom is -0.378 e. The molecule has 1 heterocycles. The number of nitro groups is 1. The summed E-state index contributed by atoms with van der Waals surface area (Å²) in [5, 5.41) is 17.1. The number of nitrogens with zero attached hydrogens (tertiary/aromatic N) is 3. The second-order valence-corrected chi connectivity index (χ2v) is 4.21. The van der Waals surface area contributed by atoms with Crippen LogP contribution in [-0.4, -0.2) is 21.9 Å². The fourth-order valence-electron chi connectivity index (χ4n) is 1.52. The lowest BCUT2D eigenvalue weighted by molar-refractivity contribution is -0.383. The molecule has 2 rings (SSSR count). The van der Waals surface area contributed by atoms with Crippen LogP contribution in [0.1, 0.15) is 0 Å². The lowest BCUT2D eigenvalue weighted by atomic mass is 10.3. The van der Waals surface area contributed by atoms with Crippen LogP contribution in [0, 0.1) is 10.1 Å². The molecule has 1 aromatic heterocycles. The first-order chi connectivity index (χ1) is 9.51. The number of nitrogens with two attached hydrogens (primary N) is 1. The standard InChI is InChI=1S/C11H11ClN6O2/c1-14-11-16-9(13)8(18(19)20)10(17-11)15-7-4-2-6(12)3-5-7/h2-5H,1H3,(H4,13,14,15,16,17). The zero-order valence-electron chi connectivity index (χ0n) is 10.4. The van der Waals surface area contributed by atoms with E-state index in [0.29, 0.717) is 10.7 Å². The van der Waals surface area contributed by atoms with Gasteiger partial charge in [-0.15, -0.1) is 0 Å². The number of rotatable bonds is 4. The van der Waals surface area contributed by atoms with Crippen molar-refractivity contribution in [3.63, 3.8) is 0 Å². The van der Waals surface area contributed by atoms with E-state index in [1.54, 1.807) is 31.3 Å². The Bertz CT molecular complexity index is 646. The fourth-order valence-corrected chi connectivity index (χ4v) is 1.65. The smallest absolute Gasteiger partial charge is 0.353 e. The topological polar surface area (TPSA) is 119 Å². The molecule has 0 aliphatic heterocycles. The molecule has 104 valence electrons. The Kier molecular flexibility index (Phi) is 3.85. The molecule has 20 heavy (non-hydrogen) atoms. The van der Waals surface area contributed by atoms with Crippen molar-refractivity contribution in [1.29, 1.82) is 0 Å². The van der Waals surface area contributed by atoms with E-state index in [4.69, 9.17) is 17.3 Å². The maximum atomic E-state index is 11.1. The molecular weight excluding hydrogens is 284 g/mol. The second-order valence-electron chi connectivity index (χ2n) is 3.77. The molecule has 0 fully saturated rings. The van der Waals surface area contributed by atoms with Crippen LogP contribution in [0.2, 0.25) is 5.02 Å². The number of aromatic nitrogens is 2. The number of hydrogen-bond donors (Lipinski definition) is 3. The SMILES string of the molecule is CNc1nc(N)c([N+](=O)[O-])c(Nc2ccc(Cl)cc2)n1. The van der Waals surface area contributed by atoms with Crippen LogP contribution >= 0.6 is 11.6 Å². The van der Waals surface area contributed by atoms with Crippen LogP contribution in [0.5, 0.6) is 0 Å². The Morgan fingerprint density at radius 3 is 2.50 bits per heavy atom. The van der Waals surface area contributed by atoms with Gasteiger partial charge in [-0.1, -0.05) is 11.6 Å². The molecule has 2 aromatic rings. The summed E-state index contributed by atoms with van der Waals surface area (Å²) in [5.74, 6) is -0.0236. The summed E-state index contributed by atoms with van der Waals surface area (Å²) in [4.78, 5) is 18.2. The number of benzene rings is 1. The van der Waals surface area contributed by atoms with Crippen molar-refractivity contribution >= 4 is 40.6 Å². The van der Waals surface area contributed by atoms with E-state index in [2.05, 4.69) is 20.6 Å². The molecule has 0 aliphatic rings. The molecular formula is C11H11ClN6O2. The van der Waals surface area contributed by atoms with Gasteiger partial charge in [0.05, 0.1) is 4.92 Å². The molecule has 0 bridgehead atoms.